The third-order valence-corrected chi connectivity index (χ3v) is 3.91. The van der Waals surface area contributed by atoms with E-state index in [1.807, 2.05) is 24.1 Å². The van der Waals surface area contributed by atoms with E-state index in [9.17, 15) is 4.79 Å². The van der Waals surface area contributed by atoms with E-state index in [1.165, 1.54) is 11.3 Å². The van der Waals surface area contributed by atoms with Crippen molar-refractivity contribution < 1.29 is 9.53 Å². The van der Waals surface area contributed by atoms with Crippen molar-refractivity contribution in [1.82, 2.24) is 9.88 Å². The van der Waals surface area contributed by atoms with Crippen molar-refractivity contribution in [2.75, 3.05) is 13.1 Å². The van der Waals surface area contributed by atoms with Gasteiger partial charge in [-0.1, -0.05) is 0 Å². The highest BCUT2D eigenvalue weighted by molar-refractivity contribution is 9.10. The molecule has 1 aromatic rings. The quantitative estimate of drug-likeness (QED) is 0.798. The number of nitrogens with zero attached hydrogens (tertiary/aromatic N) is 2. The first-order valence-electron chi connectivity index (χ1n) is 5.12. The van der Waals surface area contributed by atoms with E-state index in [4.69, 9.17) is 4.74 Å². The lowest BCUT2D eigenvalue weighted by Crippen LogP contribution is -2.48. The molecule has 1 fully saturated rings. The Morgan fingerprint density at radius 2 is 2.19 bits per heavy atom. The van der Waals surface area contributed by atoms with Crippen LogP contribution in [0.3, 0.4) is 0 Å². The molecular weight excluding hydrogens is 292 g/mol. The average Bonchev–Trinajstić information content (AvgIpc) is 2.62. The zero-order valence-corrected chi connectivity index (χ0v) is 11.5. The van der Waals surface area contributed by atoms with E-state index in [0.717, 1.165) is 4.60 Å². The van der Waals surface area contributed by atoms with E-state index in [1.54, 1.807) is 0 Å². The molecule has 1 aliphatic heterocycles. The second-order valence-electron chi connectivity index (χ2n) is 3.94. The molecule has 6 heteroatoms. The van der Waals surface area contributed by atoms with Gasteiger partial charge in [0.2, 0.25) is 0 Å². The van der Waals surface area contributed by atoms with Crippen LogP contribution < -0.4 is 0 Å². The monoisotopic (exact) mass is 304 g/mol. The fourth-order valence-electron chi connectivity index (χ4n) is 1.83. The molecule has 2 heterocycles. The van der Waals surface area contributed by atoms with Gasteiger partial charge in [-0.3, -0.25) is 4.79 Å². The lowest BCUT2D eigenvalue weighted by Gasteiger charge is -2.34. The molecule has 0 radical (unpaired) electrons. The summed E-state index contributed by atoms with van der Waals surface area (Å²) in [6, 6.07) is 0. The molecular formula is C10H13BrN2O2S. The molecule has 1 saturated heterocycles. The smallest absolute Gasteiger partial charge is 0.283 e. The largest absolute Gasteiger partial charge is 0.372 e. The molecule has 88 valence electrons. The summed E-state index contributed by atoms with van der Waals surface area (Å²) < 4.78 is 6.31. The number of morpholine rings is 1. The van der Waals surface area contributed by atoms with Gasteiger partial charge < -0.3 is 9.64 Å². The molecule has 16 heavy (non-hydrogen) atoms. The van der Waals surface area contributed by atoms with Crippen molar-refractivity contribution in [2.45, 2.75) is 26.1 Å². The lowest BCUT2D eigenvalue weighted by molar-refractivity contribution is -0.0586. The summed E-state index contributed by atoms with van der Waals surface area (Å²) >= 11 is 4.62. The Morgan fingerprint density at radius 1 is 1.56 bits per heavy atom. The highest BCUT2D eigenvalue weighted by atomic mass is 79.9. The topological polar surface area (TPSA) is 42.4 Å². The molecule has 0 bridgehead atoms. The number of thiazole rings is 1. The van der Waals surface area contributed by atoms with Crippen LogP contribution >= 0.6 is 27.3 Å². The Morgan fingerprint density at radius 3 is 2.69 bits per heavy atom. The Bertz CT molecular complexity index is 386. The van der Waals surface area contributed by atoms with E-state index >= 15 is 0 Å². The van der Waals surface area contributed by atoms with Crippen molar-refractivity contribution in [1.29, 1.82) is 0 Å². The van der Waals surface area contributed by atoms with Gasteiger partial charge in [-0.05, 0) is 29.8 Å². The van der Waals surface area contributed by atoms with Crippen LogP contribution in [0, 0.1) is 0 Å². The molecule has 0 aromatic carbocycles. The van der Waals surface area contributed by atoms with Crippen LogP contribution in [0.25, 0.3) is 0 Å². The Balaban J connectivity index is 2.09. The van der Waals surface area contributed by atoms with Gasteiger partial charge in [-0.15, -0.1) is 11.3 Å². The third-order valence-electron chi connectivity index (χ3n) is 2.37. The van der Waals surface area contributed by atoms with E-state index in [0.29, 0.717) is 18.1 Å². The van der Waals surface area contributed by atoms with Gasteiger partial charge in [-0.25, -0.2) is 4.98 Å². The summed E-state index contributed by atoms with van der Waals surface area (Å²) in [6.07, 6.45) is 0.187. The predicted octanol–water partition coefficient (Wildman–Crippen LogP) is 2.16. The second-order valence-corrected chi connectivity index (χ2v) is 5.61. The first-order valence-corrected chi connectivity index (χ1v) is 6.79. The molecule has 2 atom stereocenters. The van der Waals surface area contributed by atoms with E-state index in [-0.39, 0.29) is 18.1 Å². The molecule has 1 aliphatic rings. The van der Waals surface area contributed by atoms with Crippen molar-refractivity contribution in [3.05, 3.63) is 15.0 Å². The minimum absolute atomic E-state index is 0.00213. The Kier molecular flexibility index (Phi) is 3.61. The lowest BCUT2D eigenvalue weighted by atomic mass is 10.2. The fourth-order valence-corrected chi connectivity index (χ4v) is 3.05. The van der Waals surface area contributed by atoms with Gasteiger partial charge in [0.1, 0.15) is 4.60 Å². The van der Waals surface area contributed by atoms with E-state index < -0.39 is 0 Å². The summed E-state index contributed by atoms with van der Waals surface area (Å²) in [6.45, 7) is 5.24. The summed E-state index contributed by atoms with van der Waals surface area (Å²) in [4.78, 5) is 18.1. The number of halogens is 1. The number of amides is 1. The molecule has 1 aromatic heterocycles. The maximum Gasteiger partial charge on any atom is 0.283 e. The zero-order valence-electron chi connectivity index (χ0n) is 9.14. The van der Waals surface area contributed by atoms with E-state index in [2.05, 4.69) is 20.9 Å². The van der Waals surface area contributed by atoms with Gasteiger partial charge in [0.15, 0.2) is 5.01 Å². The number of aromatic nitrogens is 1. The highest BCUT2D eigenvalue weighted by Crippen LogP contribution is 2.19. The number of hydrogen-bond acceptors (Lipinski definition) is 4. The molecule has 0 saturated carbocycles. The van der Waals surface area contributed by atoms with Gasteiger partial charge in [0.25, 0.3) is 5.91 Å². The minimum Gasteiger partial charge on any atom is -0.372 e. The maximum atomic E-state index is 12.1. The Hall–Kier alpha value is -0.460. The number of carbonyl (C=O) groups excluding carboxylic acids is 1. The van der Waals surface area contributed by atoms with Crippen molar-refractivity contribution in [2.24, 2.45) is 0 Å². The van der Waals surface area contributed by atoms with Crippen LogP contribution in [0.4, 0.5) is 0 Å². The van der Waals surface area contributed by atoms with Crippen LogP contribution in [0.15, 0.2) is 9.98 Å². The molecule has 4 nitrogen and oxygen atoms in total. The molecule has 1 amide bonds. The predicted molar refractivity (Wildman–Crippen MR) is 65.7 cm³/mol. The molecule has 0 spiro atoms. The SMILES string of the molecule is C[C@@H]1CN(C(=O)c2nc(Br)cs2)C[C@H](C)O1. The van der Waals surface area contributed by atoms with Crippen molar-refractivity contribution in [3.63, 3.8) is 0 Å². The Labute approximate surface area is 107 Å². The number of hydrogen-bond donors (Lipinski definition) is 0. The van der Waals surface area contributed by atoms with Crippen molar-refractivity contribution >= 4 is 33.2 Å². The third kappa shape index (κ3) is 2.61. The standard InChI is InChI=1S/C10H13BrN2O2S/c1-6-3-13(4-7(2)15-6)10(14)9-12-8(11)5-16-9/h5-7H,3-4H2,1-2H3/t6-,7+. The van der Waals surface area contributed by atoms with Gasteiger partial charge in [0.05, 0.1) is 12.2 Å². The molecule has 0 unspecified atom stereocenters. The molecule has 0 aliphatic carbocycles. The molecule has 2 rings (SSSR count). The minimum atomic E-state index is -0.00213. The number of ether oxygens (including phenoxy) is 1. The number of carbonyl (C=O) groups is 1. The van der Waals surface area contributed by atoms with Crippen LogP contribution in [-0.4, -0.2) is 41.1 Å². The maximum absolute atomic E-state index is 12.1. The normalized spacial score (nSPS) is 25.8. The summed E-state index contributed by atoms with van der Waals surface area (Å²) in [5.74, 6) is -0.00213. The first kappa shape index (κ1) is 12.0. The van der Waals surface area contributed by atoms with Gasteiger partial charge in [0, 0.05) is 18.5 Å². The van der Waals surface area contributed by atoms with Crippen molar-refractivity contribution in [3.8, 4) is 0 Å². The first-order chi connectivity index (χ1) is 7.56. The zero-order chi connectivity index (χ0) is 11.7. The number of rotatable bonds is 1. The van der Waals surface area contributed by atoms with Crippen LogP contribution in [0.2, 0.25) is 0 Å². The summed E-state index contributed by atoms with van der Waals surface area (Å²) in [5.41, 5.74) is 0. The average molecular weight is 305 g/mol. The van der Waals surface area contributed by atoms with Crippen LogP contribution in [0.1, 0.15) is 23.6 Å². The summed E-state index contributed by atoms with van der Waals surface area (Å²) in [5, 5.41) is 2.36. The summed E-state index contributed by atoms with van der Waals surface area (Å²) in [7, 11) is 0. The highest BCUT2D eigenvalue weighted by Gasteiger charge is 2.27. The van der Waals surface area contributed by atoms with Crippen LogP contribution in [-0.2, 0) is 4.74 Å². The molecule has 0 N–H and O–H groups in total. The van der Waals surface area contributed by atoms with Gasteiger partial charge in [-0.2, -0.15) is 0 Å². The second kappa shape index (κ2) is 4.81. The van der Waals surface area contributed by atoms with Gasteiger partial charge >= 0.3 is 0 Å². The fraction of sp³-hybridized carbons (Fsp3) is 0.600. The van der Waals surface area contributed by atoms with Crippen LogP contribution in [0.5, 0.6) is 0 Å².